The molecule has 5 nitrogen and oxygen atoms in total. The lowest BCUT2D eigenvalue weighted by atomic mass is 10.0. The van der Waals surface area contributed by atoms with E-state index in [1.807, 2.05) is 60.9 Å². The van der Waals surface area contributed by atoms with Crippen molar-refractivity contribution < 1.29 is 4.42 Å². The molecular weight excluding hydrogens is 709 g/mol. The molecule has 4 aromatic heterocycles. The molecule has 0 radical (unpaired) electrons. The largest absolute Gasteiger partial charge is 0.456 e. The average molecular weight is 743 g/mol. The summed E-state index contributed by atoms with van der Waals surface area (Å²) in [5, 5.41) is 5.60. The van der Waals surface area contributed by atoms with Crippen molar-refractivity contribution >= 4 is 60.7 Å². The van der Waals surface area contributed by atoms with Gasteiger partial charge in [-0.05, 0) is 88.6 Å². The summed E-state index contributed by atoms with van der Waals surface area (Å²) in [5.41, 5.74) is 13.8. The van der Waals surface area contributed by atoms with E-state index in [1.165, 1.54) is 16.3 Å². The highest BCUT2D eigenvalue weighted by molar-refractivity contribution is 6.11. The van der Waals surface area contributed by atoms with Crippen LogP contribution in [0.5, 0.6) is 0 Å². The van der Waals surface area contributed by atoms with Gasteiger partial charge in [0.1, 0.15) is 11.2 Å². The smallest absolute Gasteiger partial charge is 0.139 e. The van der Waals surface area contributed by atoms with Crippen molar-refractivity contribution in [3.8, 4) is 44.9 Å². The van der Waals surface area contributed by atoms with E-state index in [2.05, 4.69) is 150 Å². The van der Waals surface area contributed by atoms with Gasteiger partial charge >= 0.3 is 0 Å². The van der Waals surface area contributed by atoms with Gasteiger partial charge in [0.15, 0.2) is 0 Å². The Morgan fingerprint density at radius 3 is 1.78 bits per heavy atom. The molecule has 4 heterocycles. The molecule has 0 aliphatic carbocycles. The summed E-state index contributed by atoms with van der Waals surface area (Å²) in [6.07, 6.45) is 3.65. The van der Waals surface area contributed by atoms with Crippen molar-refractivity contribution in [2.45, 2.75) is 0 Å². The Morgan fingerprint density at radius 2 is 1.00 bits per heavy atom. The van der Waals surface area contributed by atoms with Crippen LogP contribution in [-0.2, 0) is 0 Å². The van der Waals surface area contributed by atoms with Gasteiger partial charge in [0.05, 0.1) is 28.0 Å². The molecule has 0 bridgehead atoms. The Balaban J connectivity index is 0.996. The van der Waals surface area contributed by atoms with Crippen LogP contribution >= 0.6 is 0 Å². The van der Waals surface area contributed by atoms with Crippen molar-refractivity contribution in [3.63, 3.8) is 0 Å². The van der Waals surface area contributed by atoms with Crippen LogP contribution in [0.15, 0.2) is 211 Å². The molecule has 7 aromatic carbocycles. The van der Waals surface area contributed by atoms with Crippen LogP contribution in [0.25, 0.3) is 88.5 Å². The van der Waals surface area contributed by atoms with Gasteiger partial charge in [-0.25, -0.2) is 4.98 Å². The standard InChI is InChI=1S/C53H34N4O/c1-2-10-38(11-3-1)53-52-42(13-8-31-54-52)34-47(56-53)37-20-26-44(27-21-37)57(43-24-18-36(19-25-43)41-17-16-35-9-4-5-12-40(35)33-41)45-28-22-39(23-29-45)51-50-46-14-6-7-15-48(46)58-49(50)30-32-55-51/h1-34H. The number of hydrogen-bond acceptors (Lipinski definition) is 5. The van der Waals surface area contributed by atoms with Crippen LogP contribution in [0.2, 0.25) is 0 Å². The number of para-hydroxylation sites is 1. The van der Waals surface area contributed by atoms with Crippen LogP contribution < -0.4 is 4.90 Å². The maximum Gasteiger partial charge on any atom is 0.139 e. The van der Waals surface area contributed by atoms with Gasteiger partial charge in [-0.2, -0.15) is 0 Å². The number of anilines is 3. The molecule has 0 atom stereocenters. The van der Waals surface area contributed by atoms with Gasteiger partial charge in [0, 0.05) is 56.9 Å². The second-order valence-corrected chi connectivity index (χ2v) is 14.5. The lowest BCUT2D eigenvalue weighted by Gasteiger charge is -2.26. The van der Waals surface area contributed by atoms with Crippen molar-refractivity contribution in [1.82, 2.24) is 15.0 Å². The fourth-order valence-corrected chi connectivity index (χ4v) is 8.09. The molecule has 11 rings (SSSR count). The van der Waals surface area contributed by atoms with E-state index in [1.54, 1.807) is 0 Å². The number of pyridine rings is 3. The summed E-state index contributed by atoms with van der Waals surface area (Å²) >= 11 is 0. The maximum absolute atomic E-state index is 6.19. The number of fused-ring (bicyclic) bond motifs is 5. The molecule has 0 saturated carbocycles. The zero-order valence-corrected chi connectivity index (χ0v) is 31.3. The highest BCUT2D eigenvalue weighted by atomic mass is 16.3. The zero-order chi connectivity index (χ0) is 38.4. The van der Waals surface area contributed by atoms with E-state index in [-0.39, 0.29) is 0 Å². The van der Waals surface area contributed by atoms with E-state index in [4.69, 9.17) is 19.4 Å². The number of nitrogens with zero attached hydrogens (tertiary/aromatic N) is 4. The third-order valence-electron chi connectivity index (χ3n) is 11.0. The summed E-state index contributed by atoms with van der Waals surface area (Å²) in [4.78, 5) is 17.0. The van der Waals surface area contributed by atoms with E-state index >= 15 is 0 Å². The first-order valence-corrected chi connectivity index (χ1v) is 19.4. The molecule has 0 N–H and O–H groups in total. The molecule has 58 heavy (non-hydrogen) atoms. The van der Waals surface area contributed by atoms with Crippen molar-refractivity contribution in [1.29, 1.82) is 0 Å². The van der Waals surface area contributed by atoms with Gasteiger partial charge in [-0.1, -0.05) is 127 Å². The first-order chi connectivity index (χ1) is 28.7. The van der Waals surface area contributed by atoms with Crippen molar-refractivity contribution in [3.05, 3.63) is 207 Å². The molecule has 0 fully saturated rings. The van der Waals surface area contributed by atoms with E-state index in [0.717, 1.165) is 89.2 Å². The molecule has 0 aliphatic heterocycles. The van der Waals surface area contributed by atoms with E-state index in [0.29, 0.717) is 0 Å². The number of hydrogen-bond donors (Lipinski definition) is 0. The third kappa shape index (κ3) is 5.94. The van der Waals surface area contributed by atoms with Crippen LogP contribution in [0.3, 0.4) is 0 Å². The summed E-state index contributed by atoms with van der Waals surface area (Å²) in [6, 6.07) is 67.9. The maximum atomic E-state index is 6.19. The Morgan fingerprint density at radius 1 is 0.379 bits per heavy atom. The number of rotatable bonds is 7. The zero-order valence-electron chi connectivity index (χ0n) is 31.3. The molecule has 5 heteroatoms. The SMILES string of the molecule is c1ccc(-c2nc(-c3ccc(N(c4ccc(-c5ccc6ccccc6c5)cc4)c4ccc(-c5nccc6oc7ccccc7c56)cc4)cc3)cc3cccnc23)cc1. The average Bonchev–Trinajstić information content (AvgIpc) is 3.69. The number of furan rings is 1. The summed E-state index contributed by atoms with van der Waals surface area (Å²) in [5.74, 6) is 0. The van der Waals surface area contributed by atoms with Crippen molar-refractivity contribution in [2.75, 3.05) is 4.90 Å². The minimum Gasteiger partial charge on any atom is -0.456 e. The van der Waals surface area contributed by atoms with Crippen molar-refractivity contribution in [2.24, 2.45) is 0 Å². The van der Waals surface area contributed by atoms with E-state index in [9.17, 15) is 0 Å². The first kappa shape index (κ1) is 33.4. The molecule has 0 unspecified atom stereocenters. The first-order valence-electron chi connectivity index (χ1n) is 19.4. The predicted octanol–water partition coefficient (Wildman–Crippen LogP) is 14.2. The topological polar surface area (TPSA) is 55.1 Å². The fraction of sp³-hybridized carbons (Fsp3) is 0. The van der Waals surface area contributed by atoms with Crippen LogP contribution in [0.4, 0.5) is 17.1 Å². The summed E-state index contributed by atoms with van der Waals surface area (Å²) in [7, 11) is 0. The van der Waals surface area contributed by atoms with Gasteiger partial charge in [-0.15, -0.1) is 0 Å². The van der Waals surface area contributed by atoms with Crippen LogP contribution in [-0.4, -0.2) is 15.0 Å². The lowest BCUT2D eigenvalue weighted by molar-refractivity contribution is 0.668. The number of aromatic nitrogens is 3. The Bertz CT molecular complexity index is 3260. The van der Waals surface area contributed by atoms with Gasteiger partial charge < -0.3 is 9.32 Å². The molecule has 0 saturated heterocycles. The summed E-state index contributed by atoms with van der Waals surface area (Å²) in [6.45, 7) is 0. The Hall–Kier alpha value is -7.89. The summed E-state index contributed by atoms with van der Waals surface area (Å²) < 4.78 is 6.19. The Kier molecular flexibility index (Phi) is 8.07. The molecular formula is C53H34N4O. The highest BCUT2D eigenvalue weighted by Crippen LogP contribution is 2.40. The fourth-order valence-electron chi connectivity index (χ4n) is 8.09. The molecule has 0 amide bonds. The second-order valence-electron chi connectivity index (χ2n) is 14.5. The predicted molar refractivity (Wildman–Crippen MR) is 239 cm³/mol. The Labute approximate surface area is 335 Å². The minimum atomic E-state index is 0.830. The molecule has 0 spiro atoms. The van der Waals surface area contributed by atoms with Crippen LogP contribution in [0.1, 0.15) is 0 Å². The lowest BCUT2D eigenvalue weighted by Crippen LogP contribution is -2.09. The molecule has 11 aromatic rings. The van der Waals surface area contributed by atoms with Gasteiger partial charge in [-0.3, -0.25) is 9.97 Å². The van der Waals surface area contributed by atoms with Gasteiger partial charge in [0.2, 0.25) is 0 Å². The van der Waals surface area contributed by atoms with Crippen LogP contribution in [0, 0.1) is 0 Å². The third-order valence-corrected chi connectivity index (χ3v) is 11.0. The minimum absolute atomic E-state index is 0.830. The second kappa shape index (κ2) is 14.0. The number of benzene rings is 7. The highest BCUT2D eigenvalue weighted by Gasteiger charge is 2.18. The van der Waals surface area contributed by atoms with Gasteiger partial charge in [0.25, 0.3) is 0 Å². The monoisotopic (exact) mass is 742 g/mol. The molecule has 272 valence electrons. The quantitative estimate of drug-likeness (QED) is 0.163. The normalized spacial score (nSPS) is 11.4. The molecule has 0 aliphatic rings. The van der Waals surface area contributed by atoms with E-state index < -0.39 is 0 Å².